The molecular formula is C24H32N6O. The van der Waals surface area contributed by atoms with Crippen molar-refractivity contribution in [3.05, 3.63) is 71.7 Å². The summed E-state index contributed by atoms with van der Waals surface area (Å²) in [6.07, 6.45) is 5.40. The van der Waals surface area contributed by atoms with Crippen LogP contribution in [0.5, 0.6) is 0 Å². The third kappa shape index (κ3) is 5.96. The van der Waals surface area contributed by atoms with Crippen LogP contribution in [0.1, 0.15) is 49.2 Å². The molecule has 1 aliphatic heterocycles. The number of nitrogens with zero attached hydrogens (tertiary/aromatic N) is 4. The predicted molar refractivity (Wildman–Crippen MR) is 122 cm³/mol. The van der Waals surface area contributed by atoms with Crippen molar-refractivity contribution < 1.29 is 4.42 Å². The highest BCUT2D eigenvalue weighted by Crippen LogP contribution is 2.17. The molecule has 2 aromatic heterocycles. The van der Waals surface area contributed by atoms with Gasteiger partial charge in [-0.05, 0) is 30.5 Å². The topological polar surface area (TPSA) is 80.3 Å². The van der Waals surface area contributed by atoms with Crippen LogP contribution >= 0.6 is 0 Å². The Morgan fingerprint density at radius 2 is 2.06 bits per heavy atom. The van der Waals surface area contributed by atoms with Crippen molar-refractivity contribution in [3.8, 4) is 0 Å². The molecule has 1 aliphatic rings. The van der Waals surface area contributed by atoms with E-state index in [1.165, 1.54) is 5.56 Å². The lowest BCUT2D eigenvalue weighted by molar-refractivity contribution is 0.391. The fourth-order valence-corrected chi connectivity index (χ4v) is 3.74. The van der Waals surface area contributed by atoms with Gasteiger partial charge in [0, 0.05) is 37.9 Å². The summed E-state index contributed by atoms with van der Waals surface area (Å²) >= 11 is 0. The first kappa shape index (κ1) is 21.2. The Labute approximate surface area is 184 Å². The molecular weight excluding hydrogens is 388 g/mol. The van der Waals surface area contributed by atoms with E-state index in [0.29, 0.717) is 12.5 Å². The molecule has 0 saturated heterocycles. The third-order valence-corrected chi connectivity index (χ3v) is 5.49. The van der Waals surface area contributed by atoms with E-state index in [2.05, 4.69) is 53.4 Å². The van der Waals surface area contributed by atoms with Crippen molar-refractivity contribution in [2.45, 2.75) is 58.0 Å². The second-order valence-electron chi connectivity index (χ2n) is 8.33. The lowest BCUT2D eigenvalue weighted by Crippen LogP contribution is -2.47. The number of aryl methyl sites for hydroxylation is 1. The van der Waals surface area contributed by atoms with Gasteiger partial charge >= 0.3 is 0 Å². The molecule has 0 fully saturated rings. The number of benzene rings is 1. The molecule has 2 N–H and O–H groups in total. The van der Waals surface area contributed by atoms with Gasteiger partial charge in [0.1, 0.15) is 11.6 Å². The maximum Gasteiger partial charge on any atom is 0.191 e. The summed E-state index contributed by atoms with van der Waals surface area (Å²) < 4.78 is 7.49. The van der Waals surface area contributed by atoms with Crippen LogP contribution in [0.15, 0.2) is 58.1 Å². The maximum atomic E-state index is 5.44. The number of hydrogen-bond donors (Lipinski definition) is 2. The van der Waals surface area contributed by atoms with Gasteiger partial charge in [0.15, 0.2) is 11.8 Å². The zero-order valence-corrected chi connectivity index (χ0v) is 18.4. The van der Waals surface area contributed by atoms with Gasteiger partial charge in [-0.25, -0.2) is 9.67 Å². The van der Waals surface area contributed by atoms with Crippen LogP contribution in [0.3, 0.4) is 0 Å². The van der Waals surface area contributed by atoms with Crippen molar-refractivity contribution in [3.63, 3.8) is 0 Å². The normalized spacial score (nSPS) is 16.4. The van der Waals surface area contributed by atoms with Gasteiger partial charge in [-0.3, -0.25) is 4.99 Å². The summed E-state index contributed by atoms with van der Waals surface area (Å²) in [5, 5.41) is 11.8. The number of hydrogen-bond acceptors (Lipinski definition) is 4. The van der Waals surface area contributed by atoms with Crippen molar-refractivity contribution in [2.75, 3.05) is 13.1 Å². The molecule has 1 unspecified atom stereocenters. The highest BCUT2D eigenvalue weighted by molar-refractivity contribution is 5.80. The quantitative estimate of drug-likeness (QED) is 0.432. The first-order valence-electron chi connectivity index (χ1n) is 11.2. The molecule has 1 atom stereocenters. The second kappa shape index (κ2) is 10.3. The van der Waals surface area contributed by atoms with E-state index in [-0.39, 0.29) is 6.04 Å². The summed E-state index contributed by atoms with van der Waals surface area (Å²) in [6.45, 7) is 6.59. The number of furan rings is 1. The zero-order chi connectivity index (χ0) is 21.5. The fourth-order valence-electron chi connectivity index (χ4n) is 3.74. The van der Waals surface area contributed by atoms with Crippen LogP contribution < -0.4 is 10.6 Å². The Balaban J connectivity index is 1.36. The van der Waals surface area contributed by atoms with Crippen molar-refractivity contribution >= 4 is 5.96 Å². The van der Waals surface area contributed by atoms with Gasteiger partial charge in [0.25, 0.3) is 0 Å². The molecule has 0 amide bonds. The first-order valence-corrected chi connectivity index (χ1v) is 11.2. The van der Waals surface area contributed by atoms with Crippen LogP contribution in [0, 0.1) is 0 Å². The Hall–Kier alpha value is -3.09. The van der Waals surface area contributed by atoms with Gasteiger partial charge < -0.3 is 15.1 Å². The monoisotopic (exact) mass is 420 g/mol. The smallest absolute Gasteiger partial charge is 0.191 e. The number of fused-ring (bicyclic) bond motifs is 1. The standard InChI is InChI=1S/C24H32N6O/c1-18(2)23-28-22-11-10-20(17-30(22)29-23)27-24(26-15-13-21-9-6-16-31-21)25-14-12-19-7-4-3-5-8-19/h3-9,16,18,20H,10-15,17H2,1-2H3,(H2,25,26,27). The summed E-state index contributed by atoms with van der Waals surface area (Å²) in [4.78, 5) is 9.50. The molecule has 164 valence electrons. The average molecular weight is 421 g/mol. The van der Waals surface area contributed by atoms with Gasteiger partial charge in [0.05, 0.1) is 12.8 Å². The lowest BCUT2D eigenvalue weighted by Gasteiger charge is -2.25. The molecule has 3 aromatic rings. The van der Waals surface area contributed by atoms with Crippen LogP contribution in [-0.2, 0) is 25.8 Å². The number of nitrogens with one attached hydrogen (secondary N) is 2. The molecule has 3 heterocycles. The first-order chi connectivity index (χ1) is 15.2. The lowest BCUT2D eigenvalue weighted by atomic mass is 10.1. The molecule has 7 heteroatoms. The van der Waals surface area contributed by atoms with E-state index in [4.69, 9.17) is 19.5 Å². The van der Waals surface area contributed by atoms with Crippen LogP contribution in [0.4, 0.5) is 0 Å². The summed E-state index contributed by atoms with van der Waals surface area (Å²) in [5.74, 6) is 4.18. The van der Waals surface area contributed by atoms with Crippen molar-refractivity contribution in [1.29, 1.82) is 0 Å². The molecule has 1 aromatic carbocycles. The fraction of sp³-hybridized carbons (Fsp3) is 0.458. The van der Waals surface area contributed by atoms with Gasteiger partial charge in [-0.2, -0.15) is 5.10 Å². The minimum atomic E-state index is 0.279. The van der Waals surface area contributed by atoms with Gasteiger partial charge in [0.2, 0.25) is 0 Å². The molecule has 0 aliphatic carbocycles. The highest BCUT2D eigenvalue weighted by atomic mass is 16.3. The summed E-state index contributed by atoms with van der Waals surface area (Å²) in [6, 6.07) is 14.7. The average Bonchev–Trinajstić information content (AvgIpc) is 3.44. The van der Waals surface area contributed by atoms with E-state index >= 15 is 0 Å². The van der Waals surface area contributed by atoms with Crippen LogP contribution in [0.25, 0.3) is 0 Å². The van der Waals surface area contributed by atoms with E-state index in [1.54, 1.807) is 6.26 Å². The van der Waals surface area contributed by atoms with Crippen LogP contribution in [-0.4, -0.2) is 39.9 Å². The molecule has 0 radical (unpaired) electrons. The van der Waals surface area contributed by atoms with E-state index < -0.39 is 0 Å². The van der Waals surface area contributed by atoms with E-state index in [0.717, 1.165) is 62.1 Å². The molecule has 0 spiro atoms. The van der Waals surface area contributed by atoms with E-state index in [9.17, 15) is 0 Å². The van der Waals surface area contributed by atoms with Crippen molar-refractivity contribution in [2.24, 2.45) is 4.99 Å². The SMILES string of the molecule is CC(C)c1nc2n(n1)CC(NC(=NCCc1ccco1)NCCc1ccccc1)CC2. The molecule has 0 bridgehead atoms. The highest BCUT2D eigenvalue weighted by Gasteiger charge is 2.23. The zero-order valence-electron chi connectivity index (χ0n) is 18.4. The van der Waals surface area contributed by atoms with Gasteiger partial charge in [-0.1, -0.05) is 44.2 Å². The van der Waals surface area contributed by atoms with Crippen molar-refractivity contribution in [1.82, 2.24) is 25.4 Å². The Kier molecular flexibility index (Phi) is 7.02. The largest absolute Gasteiger partial charge is 0.469 e. The van der Waals surface area contributed by atoms with Gasteiger partial charge in [-0.15, -0.1) is 0 Å². The maximum absolute atomic E-state index is 5.44. The minimum Gasteiger partial charge on any atom is -0.469 e. The van der Waals surface area contributed by atoms with Crippen LogP contribution in [0.2, 0.25) is 0 Å². The summed E-state index contributed by atoms with van der Waals surface area (Å²) in [5.41, 5.74) is 1.32. The molecule has 7 nitrogen and oxygen atoms in total. The molecule has 31 heavy (non-hydrogen) atoms. The number of aromatic nitrogens is 3. The van der Waals surface area contributed by atoms with E-state index in [1.807, 2.05) is 18.2 Å². The second-order valence-corrected chi connectivity index (χ2v) is 8.33. The summed E-state index contributed by atoms with van der Waals surface area (Å²) in [7, 11) is 0. The predicted octanol–water partition coefficient (Wildman–Crippen LogP) is 3.33. The Morgan fingerprint density at radius 1 is 1.19 bits per heavy atom. The molecule has 0 saturated carbocycles. The third-order valence-electron chi connectivity index (χ3n) is 5.49. The number of rotatable bonds is 8. The Morgan fingerprint density at radius 3 is 2.84 bits per heavy atom. The Bertz CT molecular complexity index is 961. The minimum absolute atomic E-state index is 0.279. The number of aliphatic imine (C=N–C) groups is 1. The molecule has 4 rings (SSSR count). The number of guanidine groups is 1.